The lowest BCUT2D eigenvalue weighted by Gasteiger charge is -2.30. The second kappa shape index (κ2) is 4.24. The molecule has 0 bridgehead atoms. The summed E-state index contributed by atoms with van der Waals surface area (Å²) in [5, 5.41) is 3.58. The summed E-state index contributed by atoms with van der Waals surface area (Å²) in [7, 11) is 1.79. The Morgan fingerprint density at radius 3 is 2.67 bits per heavy atom. The van der Waals surface area contributed by atoms with Crippen molar-refractivity contribution in [2.75, 3.05) is 20.3 Å². The first-order valence-corrected chi connectivity index (χ1v) is 4.92. The molecule has 0 aromatic carbocycles. The number of hydrogen-bond donors (Lipinski definition) is 1. The minimum Gasteiger partial charge on any atom is -0.383 e. The van der Waals surface area contributed by atoms with Crippen LogP contribution < -0.4 is 5.32 Å². The van der Waals surface area contributed by atoms with E-state index in [1.807, 2.05) is 0 Å². The van der Waals surface area contributed by atoms with E-state index in [4.69, 9.17) is 4.74 Å². The average Bonchev–Trinajstić information content (AvgIpc) is 2.36. The normalized spacial score (nSPS) is 30.0. The lowest BCUT2D eigenvalue weighted by atomic mass is 9.88. The molecule has 1 unspecified atom stereocenters. The lowest BCUT2D eigenvalue weighted by Crippen LogP contribution is -2.45. The molecule has 0 aromatic rings. The predicted octanol–water partition coefficient (Wildman–Crippen LogP) is 1.80. The van der Waals surface area contributed by atoms with Crippen molar-refractivity contribution < 1.29 is 4.74 Å². The van der Waals surface area contributed by atoms with E-state index >= 15 is 0 Å². The van der Waals surface area contributed by atoms with E-state index in [2.05, 4.69) is 19.2 Å². The van der Waals surface area contributed by atoms with Crippen molar-refractivity contribution in [2.24, 2.45) is 5.92 Å². The molecule has 0 radical (unpaired) electrons. The van der Waals surface area contributed by atoms with E-state index in [-0.39, 0.29) is 0 Å². The number of rotatable bonds is 4. The molecule has 0 amide bonds. The Kier molecular flexibility index (Phi) is 3.53. The molecule has 1 aliphatic heterocycles. The molecule has 72 valence electrons. The number of hydrogen-bond acceptors (Lipinski definition) is 2. The van der Waals surface area contributed by atoms with Crippen LogP contribution in [0.15, 0.2) is 0 Å². The van der Waals surface area contributed by atoms with Crippen molar-refractivity contribution in [3.05, 3.63) is 0 Å². The molecule has 1 heterocycles. The van der Waals surface area contributed by atoms with Crippen LogP contribution >= 0.6 is 0 Å². The van der Waals surface area contributed by atoms with Gasteiger partial charge in [-0.2, -0.15) is 0 Å². The zero-order chi connectivity index (χ0) is 9.03. The molecule has 0 aliphatic carbocycles. The monoisotopic (exact) mass is 171 g/mol. The van der Waals surface area contributed by atoms with E-state index in [1.165, 1.54) is 19.3 Å². The zero-order valence-corrected chi connectivity index (χ0v) is 8.52. The SMILES string of the molecule is COCC1(CC(C)C)CCCN1. The minimum absolute atomic E-state index is 0.295. The fraction of sp³-hybridized carbons (Fsp3) is 1.00. The molecule has 1 saturated heterocycles. The Bertz CT molecular complexity index is 128. The van der Waals surface area contributed by atoms with Crippen LogP contribution in [0, 0.1) is 5.92 Å². The number of methoxy groups -OCH3 is 1. The van der Waals surface area contributed by atoms with Gasteiger partial charge in [-0.1, -0.05) is 13.8 Å². The van der Waals surface area contributed by atoms with Crippen molar-refractivity contribution in [3.63, 3.8) is 0 Å². The van der Waals surface area contributed by atoms with E-state index in [9.17, 15) is 0 Å². The third-order valence-corrected chi connectivity index (χ3v) is 2.55. The second-order valence-corrected chi connectivity index (χ2v) is 4.34. The summed E-state index contributed by atoms with van der Waals surface area (Å²) >= 11 is 0. The standard InChI is InChI=1S/C10H21NO/c1-9(2)7-10(8-12-3)5-4-6-11-10/h9,11H,4-8H2,1-3H3. The quantitative estimate of drug-likeness (QED) is 0.696. The van der Waals surface area contributed by atoms with Crippen LogP contribution in [0.1, 0.15) is 33.1 Å². The van der Waals surface area contributed by atoms with E-state index in [0.717, 1.165) is 19.1 Å². The highest BCUT2D eigenvalue weighted by molar-refractivity contribution is 4.93. The van der Waals surface area contributed by atoms with Crippen molar-refractivity contribution >= 4 is 0 Å². The highest BCUT2D eigenvalue weighted by Gasteiger charge is 2.33. The third kappa shape index (κ3) is 2.46. The molecule has 1 atom stereocenters. The molecular weight excluding hydrogens is 150 g/mol. The fourth-order valence-corrected chi connectivity index (χ4v) is 2.28. The van der Waals surface area contributed by atoms with Crippen LogP contribution in [0.4, 0.5) is 0 Å². The first-order chi connectivity index (χ1) is 5.68. The summed E-state index contributed by atoms with van der Waals surface area (Å²) < 4.78 is 5.27. The fourth-order valence-electron chi connectivity index (χ4n) is 2.28. The van der Waals surface area contributed by atoms with Gasteiger partial charge >= 0.3 is 0 Å². The highest BCUT2D eigenvalue weighted by Crippen LogP contribution is 2.26. The maximum Gasteiger partial charge on any atom is 0.0644 e. The van der Waals surface area contributed by atoms with Gasteiger partial charge in [-0.25, -0.2) is 0 Å². The third-order valence-electron chi connectivity index (χ3n) is 2.55. The van der Waals surface area contributed by atoms with Crippen molar-refractivity contribution in [3.8, 4) is 0 Å². The molecule has 0 saturated carbocycles. The van der Waals surface area contributed by atoms with Gasteiger partial charge in [-0.15, -0.1) is 0 Å². The van der Waals surface area contributed by atoms with Gasteiger partial charge < -0.3 is 10.1 Å². The Morgan fingerprint density at radius 2 is 2.25 bits per heavy atom. The van der Waals surface area contributed by atoms with Crippen molar-refractivity contribution in [2.45, 2.75) is 38.6 Å². The van der Waals surface area contributed by atoms with Gasteiger partial charge in [0.05, 0.1) is 6.61 Å². The topological polar surface area (TPSA) is 21.3 Å². The van der Waals surface area contributed by atoms with Crippen LogP contribution in [0.5, 0.6) is 0 Å². The highest BCUT2D eigenvalue weighted by atomic mass is 16.5. The van der Waals surface area contributed by atoms with Crippen LogP contribution in [0.25, 0.3) is 0 Å². The zero-order valence-electron chi connectivity index (χ0n) is 8.52. The van der Waals surface area contributed by atoms with Crippen molar-refractivity contribution in [1.82, 2.24) is 5.32 Å². The largest absolute Gasteiger partial charge is 0.383 e. The van der Waals surface area contributed by atoms with Crippen LogP contribution in [0.2, 0.25) is 0 Å². The molecular formula is C10H21NO. The second-order valence-electron chi connectivity index (χ2n) is 4.34. The lowest BCUT2D eigenvalue weighted by molar-refractivity contribution is 0.106. The molecule has 1 rings (SSSR count). The predicted molar refractivity (Wildman–Crippen MR) is 51.3 cm³/mol. The molecule has 1 fully saturated rings. The maximum atomic E-state index is 5.27. The molecule has 1 N–H and O–H groups in total. The first kappa shape index (κ1) is 10.0. The van der Waals surface area contributed by atoms with Crippen LogP contribution in [0.3, 0.4) is 0 Å². The van der Waals surface area contributed by atoms with Gasteiger partial charge in [-0.3, -0.25) is 0 Å². The Hall–Kier alpha value is -0.0800. The number of ether oxygens (including phenoxy) is 1. The molecule has 0 spiro atoms. The summed E-state index contributed by atoms with van der Waals surface area (Å²) in [6.07, 6.45) is 3.82. The van der Waals surface area contributed by atoms with E-state index in [1.54, 1.807) is 7.11 Å². The van der Waals surface area contributed by atoms with E-state index < -0.39 is 0 Å². The molecule has 2 heteroatoms. The molecule has 2 nitrogen and oxygen atoms in total. The van der Waals surface area contributed by atoms with Crippen LogP contribution in [-0.4, -0.2) is 25.8 Å². The van der Waals surface area contributed by atoms with Crippen molar-refractivity contribution in [1.29, 1.82) is 0 Å². The van der Waals surface area contributed by atoms with Gasteiger partial charge in [0.25, 0.3) is 0 Å². The van der Waals surface area contributed by atoms with Gasteiger partial charge in [-0.05, 0) is 31.7 Å². The maximum absolute atomic E-state index is 5.27. The Morgan fingerprint density at radius 1 is 1.50 bits per heavy atom. The number of nitrogens with one attached hydrogen (secondary N) is 1. The molecule has 0 aromatic heterocycles. The van der Waals surface area contributed by atoms with Gasteiger partial charge in [0.15, 0.2) is 0 Å². The Balaban J connectivity index is 2.46. The summed E-state index contributed by atoms with van der Waals surface area (Å²) in [5.41, 5.74) is 0.295. The summed E-state index contributed by atoms with van der Waals surface area (Å²) in [5.74, 6) is 0.755. The molecule has 1 aliphatic rings. The summed E-state index contributed by atoms with van der Waals surface area (Å²) in [4.78, 5) is 0. The van der Waals surface area contributed by atoms with E-state index in [0.29, 0.717) is 5.54 Å². The van der Waals surface area contributed by atoms with Gasteiger partial charge in [0.2, 0.25) is 0 Å². The Labute approximate surface area is 75.7 Å². The summed E-state index contributed by atoms with van der Waals surface area (Å²) in [6, 6.07) is 0. The van der Waals surface area contributed by atoms with Crippen LogP contribution in [-0.2, 0) is 4.74 Å². The summed E-state index contributed by atoms with van der Waals surface area (Å²) in [6.45, 7) is 6.58. The smallest absolute Gasteiger partial charge is 0.0644 e. The minimum atomic E-state index is 0.295. The first-order valence-electron chi connectivity index (χ1n) is 4.92. The van der Waals surface area contributed by atoms with Gasteiger partial charge in [0.1, 0.15) is 0 Å². The molecule has 12 heavy (non-hydrogen) atoms. The van der Waals surface area contributed by atoms with Gasteiger partial charge in [0, 0.05) is 12.6 Å². The average molecular weight is 171 g/mol.